The molecule has 1 N–H and O–H groups in total. The Labute approximate surface area is 93.7 Å². The van der Waals surface area contributed by atoms with Gasteiger partial charge in [-0.25, -0.2) is 4.39 Å². The Morgan fingerprint density at radius 1 is 1.47 bits per heavy atom. The van der Waals surface area contributed by atoms with Gasteiger partial charge in [0.15, 0.2) is 0 Å². The van der Waals surface area contributed by atoms with Crippen LogP contribution in [0, 0.1) is 5.82 Å². The first kappa shape index (κ1) is 11.0. The molecule has 82 valence electrons. The smallest absolute Gasteiger partial charge is 0.129 e. The van der Waals surface area contributed by atoms with E-state index in [0.29, 0.717) is 23.0 Å². The van der Waals surface area contributed by atoms with Crippen molar-refractivity contribution < 1.29 is 9.50 Å². The minimum absolute atomic E-state index is 0.296. The fraction of sp³-hybridized carbons (Fsp3) is 0.500. The van der Waals surface area contributed by atoms with Crippen LogP contribution in [0.5, 0.6) is 0 Å². The lowest BCUT2D eigenvalue weighted by molar-refractivity contribution is 0.0435. The highest BCUT2D eigenvalue weighted by molar-refractivity contribution is 7.99. The normalized spacial score (nSPS) is 31.5. The van der Waals surface area contributed by atoms with E-state index in [1.54, 1.807) is 30.0 Å². The Bertz CT molecular complexity index is 345. The van der Waals surface area contributed by atoms with Crippen molar-refractivity contribution in [2.75, 3.05) is 5.75 Å². The zero-order chi connectivity index (χ0) is 10.9. The number of halogens is 1. The Kier molecular flexibility index (Phi) is 3.03. The van der Waals surface area contributed by atoms with Gasteiger partial charge in [0, 0.05) is 16.6 Å². The maximum Gasteiger partial charge on any atom is 0.129 e. The second-order valence-corrected chi connectivity index (χ2v) is 5.60. The van der Waals surface area contributed by atoms with Crippen LogP contribution in [0.25, 0.3) is 0 Å². The summed E-state index contributed by atoms with van der Waals surface area (Å²) in [7, 11) is 0. The number of hydrogen-bond donors (Lipinski definition) is 1. The summed E-state index contributed by atoms with van der Waals surface area (Å²) in [6.07, 6.45) is 1.59. The predicted octanol–water partition coefficient (Wildman–Crippen LogP) is 2.93. The summed E-state index contributed by atoms with van der Waals surface area (Å²) in [5.41, 5.74) is -0.521. The lowest BCUT2D eigenvalue weighted by atomic mass is 9.89. The van der Waals surface area contributed by atoms with Gasteiger partial charge in [-0.2, -0.15) is 11.8 Å². The third-order valence-corrected chi connectivity index (χ3v) is 4.40. The zero-order valence-corrected chi connectivity index (χ0v) is 9.56. The van der Waals surface area contributed by atoms with Crippen molar-refractivity contribution in [3.63, 3.8) is 0 Å². The molecule has 1 aromatic rings. The first-order chi connectivity index (χ1) is 7.12. The fourth-order valence-corrected chi connectivity index (χ4v) is 3.07. The molecule has 1 heterocycles. The van der Waals surface area contributed by atoms with E-state index in [1.165, 1.54) is 6.07 Å². The Hall–Kier alpha value is -0.540. The van der Waals surface area contributed by atoms with Gasteiger partial charge in [0.25, 0.3) is 0 Å². The molecule has 2 rings (SSSR count). The van der Waals surface area contributed by atoms with Crippen molar-refractivity contribution in [1.29, 1.82) is 0 Å². The molecule has 1 nitrogen and oxygen atoms in total. The van der Waals surface area contributed by atoms with Crippen molar-refractivity contribution >= 4 is 11.8 Å². The third-order valence-electron chi connectivity index (χ3n) is 2.95. The van der Waals surface area contributed by atoms with Crippen LogP contribution in [-0.4, -0.2) is 16.1 Å². The summed E-state index contributed by atoms with van der Waals surface area (Å²) in [5, 5.41) is 10.9. The largest absolute Gasteiger partial charge is 0.384 e. The zero-order valence-electron chi connectivity index (χ0n) is 8.74. The van der Waals surface area contributed by atoms with Crippen LogP contribution in [-0.2, 0) is 5.60 Å². The topological polar surface area (TPSA) is 20.2 Å². The van der Waals surface area contributed by atoms with Gasteiger partial charge in [0.05, 0.1) is 0 Å². The highest BCUT2D eigenvalue weighted by atomic mass is 32.2. The quantitative estimate of drug-likeness (QED) is 0.794. The Balaban J connectivity index is 2.26. The maximum atomic E-state index is 13.5. The molecule has 0 amide bonds. The van der Waals surface area contributed by atoms with Crippen molar-refractivity contribution in [2.24, 2.45) is 0 Å². The first-order valence-electron chi connectivity index (χ1n) is 5.21. The fourth-order valence-electron chi connectivity index (χ4n) is 1.93. The number of benzene rings is 1. The van der Waals surface area contributed by atoms with E-state index in [4.69, 9.17) is 0 Å². The van der Waals surface area contributed by atoms with Crippen LogP contribution >= 0.6 is 11.8 Å². The lowest BCUT2D eigenvalue weighted by Gasteiger charge is -2.35. The van der Waals surface area contributed by atoms with E-state index < -0.39 is 5.60 Å². The molecule has 1 aliphatic heterocycles. The van der Waals surface area contributed by atoms with Crippen LogP contribution < -0.4 is 0 Å². The van der Waals surface area contributed by atoms with Gasteiger partial charge in [-0.05, 0) is 18.9 Å². The van der Waals surface area contributed by atoms with Crippen LogP contribution in [0.4, 0.5) is 4.39 Å². The van der Waals surface area contributed by atoms with Gasteiger partial charge < -0.3 is 5.11 Å². The van der Waals surface area contributed by atoms with Gasteiger partial charge in [-0.15, -0.1) is 0 Å². The lowest BCUT2D eigenvalue weighted by Crippen LogP contribution is -2.34. The number of thioether (sulfide) groups is 1. The molecule has 1 saturated heterocycles. The first-order valence-corrected chi connectivity index (χ1v) is 6.26. The maximum absolute atomic E-state index is 13.5. The average molecular weight is 226 g/mol. The molecule has 0 unspecified atom stereocenters. The molecule has 0 radical (unpaired) electrons. The molecule has 1 fully saturated rings. The van der Waals surface area contributed by atoms with Gasteiger partial charge in [0.1, 0.15) is 11.4 Å². The molecular formula is C12H15FOS. The van der Waals surface area contributed by atoms with E-state index in [-0.39, 0.29) is 5.82 Å². The third kappa shape index (κ3) is 2.18. The molecule has 1 aliphatic rings. The van der Waals surface area contributed by atoms with Crippen LogP contribution in [0.2, 0.25) is 0 Å². The SMILES string of the molecule is C[C@@H]1CC[C@](O)(c2ccccc2F)CS1. The summed E-state index contributed by atoms with van der Waals surface area (Å²) in [4.78, 5) is 0. The summed E-state index contributed by atoms with van der Waals surface area (Å²) in [6, 6.07) is 6.53. The molecule has 1 aromatic carbocycles. The van der Waals surface area contributed by atoms with Gasteiger partial charge in [-0.3, -0.25) is 0 Å². The minimum atomic E-state index is -0.970. The molecule has 15 heavy (non-hydrogen) atoms. The van der Waals surface area contributed by atoms with E-state index in [1.807, 2.05) is 0 Å². The predicted molar refractivity (Wildman–Crippen MR) is 61.5 cm³/mol. The van der Waals surface area contributed by atoms with Gasteiger partial charge in [0.2, 0.25) is 0 Å². The summed E-state index contributed by atoms with van der Waals surface area (Å²) >= 11 is 1.71. The molecule has 0 aromatic heterocycles. The number of hydrogen-bond acceptors (Lipinski definition) is 2. The Morgan fingerprint density at radius 2 is 2.20 bits per heavy atom. The summed E-state index contributed by atoms with van der Waals surface area (Å²) in [5.74, 6) is 0.296. The molecule has 2 atom stereocenters. The van der Waals surface area contributed by atoms with Gasteiger partial charge in [-0.1, -0.05) is 25.1 Å². The van der Waals surface area contributed by atoms with E-state index in [0.717, 1.165) is 6.42 Å². The van der Waals surface area contributed by atoms with Crippen LogP contribution in [0.1, 0.15) is 25.3 Å². The molecule has 0 spiro atoms. The number of aliphatic hydroxyl groups is 1. The van der Waals surface area contributed by atoms with Crippen molar-refractivity contribution in [2.45, 2.75) is 30.6 Å². The monoisotopic (exact) mass is 226 g/mol. The summed E-state index contributed by atoms with van der Waals surface area (Å²) in [6.45, 7) is 2.14. The van der Waals surface area contributed by atoms with Crippen LogP contribution in [0.3, 0.4) is 0 Å². The molecule has 0 saturated carbocycles. The van der Waals surface area contributed by atoms with Crippen molar-refractivity contribution in [3.05, 3.63) is 35.6 Å². The van der Waals surface area contributed by atoms with Crippen molar-refractivity contribution in [1.82, 2.24) is 0 Å². The molecular weight excluding hydrogens is 211 g/mol. The van der Waals surface area contributed by atoms with E-state index in [9.17, 15) is 9.50 Å². The second-order valence-electron chi connectivity index (χ2n) is 4.17. The average Bonchev–Trinajstić information content (AvgIpc) is 2.23. The second kappa shape index (κ2) is 4.14. The van der Waals surface area contributed by atoms with E-state index in [2.05, 4.69) is 6.92 Å². The van der Waals surface area contributed by atoms with Crippen molar-refractivity contribution in [3.8, 4) is 0 Å². The number of rotatable bonds is 1. The molecule has 0 bridgehead atoms. The highest BCUT2D eigenvalue weighted by Gasteiger charge is 2.35. The Morgan fingerprint density at radius 3 is 2.80 bits per heavy atom. The minimum Gasteiger partial charge on any atom is -0.384 e. The summed E-state index contributed by atoms with van der Waals surface area (Å²) < 4.78 is 13.5. The van der Waals surface area contributed by atoms with Crippen LogP contribution in [0.15, 0.2) is 24.3 Å². The standard InChI is InChI=1S/C12H15FOS/c1-9-6-7-12(14,8-15-9)10-4-2-3-5-11(10)13/h2-5,9,14H,6-8H2,1H3/t9-,12-/m1/s1. The molecule has 3 heteroatoms. The highest BCUT2D eigenvalue weighted by Crippen LogP contribution is 2.39. The van der Waals surface area contributed by atoms with E-state index >= 15 is 0 Å². The molecule has 0 aliphatic carbocycles. The van der Waals surface area contributed by atoms with Gasteiger partial charge >= 0.3 is 0 Å².